The van der Waals surface area contributed by atoms with Gasteiger partial charge in [0, 0.05) is 17.2 Å². The standard InChI is InChI=1S/C25H18ClIN2O9S2/c1-36-21-13-15(12-20(27)23(21)38-40(34,35)19-8-4-17(5-9-19)29(32)33)14-22-24(30)28(25(31)39-22)10-11-37-18-6-2-16(26)3-7-18/h2-9,12-14H,10-11H2,1H3/b22-14-. The number of carbonyl (C=O) groups excluding carboxylic acids is 2. The summed E-state index contributed by atoms with van der Waals surface area (Å²) in [5.41, 5.74) is 0.193. The molecule has 1 fully saturated rings. The highest BCUT2D eigenvalue weighted by atomic mass is 127. The zero-order chi connectivity index (χ0) is 29.0. The molecule has 0 aliphatic carbocycles. The lowest BCUT2D eigenvalue weighted by Gasteiger charge is -2.14. The first-order chi connectivity index (χ1) is 19.0. The van der Waals surface area contributed by atoms with Crippen molar-refractivity contribution in [1.82, 2.24) is 4.90 Å². The van der Waals surface area contributed by atoms with Crippen molar-refractivity contribution in [3.8, 4) is 17.2 Å². The lowest BCUT2D eigenvalue weighted by Crippen LogP contribution is -2.32. The number of hydrogen-bond donors (Lipinski definition) is 0. The van der Waals surface area contributed by atoms with E-state index in [1.165, 1.54) is 19.3 Å². The Labute approximate surface area is 251 Å². The van der Waals surface area contributed by atoms with Crippen molar-refractivity contribution in [3.63, 3.8) is 0 Å². The molecule has 208 valence electrons. The molecule has 0 bridgehead atoms. The Morgan fingerprint density at radius 2 is 1.77 bits per heavy atom. The molecule has 2 amide bonds. The van der Waals surface area contributed by atoms with Gasteiger partial charge in [-0.3, -0.25) is 24.6 Å². The molecule has 0 spiro atoms. The molecule has 1 aliphatic rings. The number of halogens is 2. The van der Waals surface area contributed by atoms with Crippen LogP contribution in [0.4, 0.5) is 10.5 Å². The van der Waals surface area contributed by atoms with Crippen LogP contribution in [0.3, 0.4) is 0 Å². The molecule has 0 saturated carbocycles. The summed E-state index contributed by atoms with van der Waals surface area (Å²) in [5.74, 6) is 0.00141. The van der Waals surface area contributed by atoms with Gasteiger partial charge in [0.25, 0.3) is 16.8 Å². The van der Waals surface area contributed by atoms with E-state index in [-0.39, 0.29) is 40.1 Å². The summed E-state index contributed by atoms with van der Waals surface area (Å²) in [6, 6.07) is 13.9. The third kappa shape index (κ3) is 6.86. The summed E-state index contributed by atoms with van der Waals surface area (Å²) < 4.78 is 42.2. The number of imide groups is 1. The van der Waals surface area contributed by atoms with Crippen molar-refractivity contribution in [3.05, 3.63) is 89.8 Å². The van der Waals surface area contributed by atoms with Crippen molar-refractivity contribution >= 4 is 79.0 Å². The van der Waals surface area contributed by atoms with E-state index < -0.39 is 26.2 Å². The summed E-state index contributed by atoms with van der Waals surface area (Å²) in [7, 11) is -3.04. The van der Waals surface area contributed by atoms with E-state index in [1.807, 2.05) is 22.6 Å². The van der Waals surface area contributed by atoms with Gasteiger partial charge < -0.3 is 13.7 Å². The van der Waals surface area contributed by atoms with Crippen molar-refractivity contribution in [2.45, 2.75) is 4.90 Å². The minimum atomic E-state index is -4.35. The van der Waals surface area contributed by atoms with Crippen LogP contribution in [-0.2, 0) is 14.9 Å². The van der Waals surface area contributed by atoms with Gasteiger partial charge in [-0.05, 0) is 94.5 Å². The number of ether oxygens (including phenoxy) is 2. The first-order valence-corrected chi connectivity index (χ1v) is 14.9. The third-order valence-corrected chi connectivity index (χ3v) is 8.55. The van der Waals surface area contributed by atoms with Crippen LogP contribution in [0, 0.1) is 13.7 Å². The largest absolute Gasteiger partial charge is 0.493 e. The number of hydrogen-bond acceptors (Lipinski definition) is 10. The average Bonchev–Trinajstić information content (AvgIpc) is 3.18. The quantitative estimate of drug-likeness (QED) is 0.0838. The Morgan fingerprint density at radius 1 is 1.10 bits per heavy atom. The molecule has 3 aromatic carbocycles. The molecule has 0 unspecified atom stereocenters. The van der Waals surface area contributed by atoms with Gasteiger partial charge in [-0.1, -0.05) is 11.6 Å². The number of benzene rings is 3. The van der Waals surface area contributed by atoms with Crippen LogP contribution in [0.25, 0.3) is 6.08 Å². The molecule has 0 aromatic heterocycles. The van der Waals surface area contributed by atoms with E-state index >= 15 is 0 Å². The average molecular weight is 717 g/mol. The van der Waals surface area contributed by atoms with Crippen LogP contribution < -0.4 is 13.7 Å². The van der Waals surface area contributed by atoms with Gasteiger partial charge in [-0.15, -0.1) is 0 Å². The molecular formula is C25H18ClIN2O9S2. The molecule has 4 rings (SSSR count). The predicted molar refractivity (Wildman–Crippen MR) is 156 cm³/mol. The van der Waals surface area contributed by atoms with E-state index in [1.54, 1.807) is 30.3 Å². The van der Waals surface area contributed by atoms with Crippen LogP contribution in [0.1, 0.15) is 5.56 Å². The summed E-state index contributed by atoms with van der Waals surface area (Å²) >= 11 is 8.47. The van der Waals surface area contributed by atoms with E-state index in [0.29, 0.717) is 19.9 Å². The SMILES string of the molecule is COc1cc(/C=C2\SC(=O)N(CCOc3ccc(Cl)cc3)C2=O)cc(I)c1OS(=O)(=O)c1ccc([N+](=O)[O-])cc1. The van der Waals surface area contributed by atoms with Crippen molar-refractivity contribution < 1.29 is 36.6 Å². The van der Waals surface area contributed by atoms with E-state index in [4.69, 9.17) is 25.3 Å². The summed E-state index contributed by atoms with van der Waals surface area (Å²) in [6.07, 6.45) is 1.49. The van der Waals surface area contributed by atoms with Gasteiger partial charge in [-0.2, -0.15) is 8.42 Å². The number of nitro groups is 1. The van der Waals surface area contributed by atoms with Crippen molar-refractivity contribution in [2.24, 2.45) is 0 Å². The molecule has 0 radical (unpaired) electrons. The zero-order valence-electron chi connectivity index (χ0n) is 20.4. The predicted octanol–water partition coefficient (Wildman–Crippen LogP) is 5.74. The van der Waals surface area contributed by atoms with Gasteiger partial charge >= 0.3 is 10.1 Å². The van der Waals surface area contributed by atoms with E-state index in [2.05, 4.69) is 0 Å². The lowest BCUT2D eigenvalue weighted by molar-refractivity contribution is -0.384. The molecule has 40 heavy (non-hydrogen) atoms. The highest BCUT2D eigenvalue weighted by molar-refractivity contribution is 14.1. The van der Waals surface area contributed by atoms with Gasteiger partial charge in [0.05, 0.1) is 27.1 Å². The Bertz CT molecular complexity index is 1610. The van der Waals surface area contributed by atoms with Crippen LogP contribution in [-0.4, -0.2) is 49.6 Å². The maximum Gasteiger partial charge on any atom is 0.339 e. The molecule has 0 atom stereocenters. The molecular weight excluding hydrogens is 699 g/mol. The lowest BCUT2D eigenvalue weighted by atomic mass is 10.2. The fourth-order valence-corrected chi connectivity index (χ4v) is 6.26. The van der Waals surface area contributed by atoms with Gasteiger partial charge in [0.1, 0.15) is 17.3 Å². The first kappa shape index (κ1) is 29.6. The van der Waals surface area contributed by atoms with E-state index in [9.17, 15) is 28.1 Å². The van der Waals surface area contributed by atoms with Crippen LogP contribution >= 0.6 is 46.0 Å². The minimum Gasteiger partial charge on any atom is -0.493 e. The van der Waals surface area contributed by atoms with Gasteiger partial charge in [-0.25, -0.2) is 0 Å². The summed E-state index contributed by atoms with van der Waals surface area (Å²) in [4.78, 5) is 36.5. The number of methoxy groups -OCH3 is 1. The molecule has 15 heteroatoms. The van der Waals surface area contributed by atoms with Crippen molar-refractivity contribution in [1.29, 1.82) is 0 Å². The molecule has 1 heterocycles. The van der Waals surface area contributed by atoms with Crippen LogP contribution in [0.2, 0.25) is 5.02 Å². The van der Waals surface area contributed by atoms with Crippen LogP contribution in [0.5, 0.6) is 17.2 Å². The number of non-ortho nitro benzene ring substituents is 1. The van der Waals surface area contributed by atoms with Crippen molar-refractivity contribution in [2.75, 3.05) is 20.3 Å². The number of nitrogens with zero attached hydrogens (tertiary/aromatic N) is 2. The topological polar surface area (TPSA) is 142 Å². The summed E-state index contributed by atoms with van der Waals surface area (Å²) in [5, 5.41) is 11.0. The monoisotopic (exact) mass is 716 g/mol. The molecule has 1 aliphatic heterocycles. The molecule has 1 saturated heterocycles. The number of nitro benzene ring substituents is 1. The zero-order valence-corrected chi connectivity index (χ0v) is 25.0. The second-order valence-corrected chi connectivity index (χ2v) is 12.1. The summed E-state index contributed by atoms with van der Waals surface area (Å²) in [6.45, 7) is 0.132. The fraction of sp³-hybridized carbons (Fsp3) is 0.120. The normalized spacial score (nSPS) is 14.5. The maximum absolute atomic E-state index is 12.9. The molecule has 11 nitrogen and oxygen atoms in total. The Hall–Kier alpha value is -3.34. The number of carbonyl (C=O) groups is 2. The van der Waals surface area contributed by atoms with E-state index in [0.717, 1.165) is 40.9 Å². The molecule has 0 N–H and O–H groups in total. The second-order valence-electron chi connectivity index (χ2n) is 7.96. The second kappa shape index (κ2) is 12.4. The fourth-order valence-electron chi connectivity index (χ4n) is 3.43. The van der Waals surface area contributed by atoms with Gasteiger partial charge in [0.2, 0.25) is 0 Å². The smallest absolute Gasteiger partial charge is 0.339 e. The Balaban J connectivity index is 1.49. The highest BCUT2D eigenvalue weighted by Gasteiger charge is 2.35. The third-order valence-electron chi connectivity index (χ3n) is 5.35. The van der Waals surface area contributed by atoms with Gasteiger partial charge in [0.15, 0.2) is 11.5 Å². The first-order valence-electron chi connectivity index (χ1n) is 11.2. The minimum absolute atomic E-state index is 0.0404. The highest BCUT2D eigenvalue weighted by Crippen LogP contribution is 2.38. The maximum atomic E-state index is 12.9. The van der Waals surface area contributed by atoms with Crippen LogP contribution in [0.15, 0.2) is 70.5 Å². The number of thioether (sulfide) groups is 1. The molecule has 3 aromatic rings. The Morgan fingerprint density at radius 3 is 2.40 bits per heavy atom. The number of rotatable bonds is 10. The Kier molecular flexibility index (Phi) is 9.22. The number of amides is 2.